The number of rotatable bonds is 8. The molecule has 0 atom stereocenters. The molecular weight excluding hydrogens is 319 g/mol. The number of halogens is 1. The van der Waals surface area contributed by atoms with Crippen molar-refractivity contribution in [1.82, 2.24) is 5.32 Å². The van der Waals surface area contributed by atoms with Gasteiger partial charge in [0.2, 0.25) is 0 Å². The summed E-state index contributed by atoms with van der Waals surface area (Å²) in [4.78, 5) is 34.7. The fourth-order valence-corrected chi connectivity index (χ4v) is 1.92. The van der Waals surface area contributed by atoms with Crippen molar-refractivity contribution >= 4 is 24.0 Å². The third-order valence-electron chi connectivity index (χ3n) is 3.15. The molecule has 1 rings (SSSR count). The quantitative estimate of drug-likeness (QED) is 0.428. The van der Waals surface area contributed by atoms with Gasteiger partial charge in [0.15, 0.2) is 6.29 Å². The minimum absolute atomic E-state index is 0.0250. The Morgan fingerprint density at radius 2 is 2.12 bits per heavy atom. The number of nitrogens with zero attached hydrogens (tertiary/aromatic N) is 1. The topological polar surface area (TPSA) is 95.9 Å². The number of aliphatic carboxylic acids is 1. The van der Waals surface area contributed by atoms with E-state index in [2.05, 4.69) is 10.1 Å². The van der Waals surface area contributed by atoms with Crippen LogP contribution in [0.15, 0.2) is 30.0 Å². The number of anilines is 1. The summed E-state index contributed by atoms with van der Waals surface area (Å²) < 4.78 is 18.0. The van der Waals surface area contributed by atoms with E-state index in [9.17, 15) is 18.8 Å². The van der Waals surface area contributed by atoms with Gasteiger partial charge >= 0.3 is 12.1 Å². The summed E-state index contributed by atoms with van der Waals surface area (Å²) in [6.07, 6.45) is 1.73. The molecule has 0 aliphatic rings. The number of alkyl carbamates (subject to hydrolysis) is 1. The normalized spacial score (nSPS) is 10.9. The number of amides is 1. The molecule has 0 aliphatic heterocycles. The first-order chi connectivity index (χ1) is 11.4. The number of carbonyl (C=O) groups excluding carboxylic acids is 2. The van der Waals surface area contributed by atoms with E-state index >= 15 is 0 Å². The van der Waals surface area contributed by atoms with E-state index in [0.717, 1.165) is 12.1 Å². The summed E-state index contributed by atoms with van der Waals surface area (Å²) in [5, 5.41) is 11.5. The van der Waals surface area contributed by atoms with Crippen molar-refractivity contribution in [2.75, 3.05) is 25.1 Å². The molecule has 0 heterocycles. The lowest BCUT2D eigenvalue weighted by Gasteiger charge is -2.23. The number of carboxylic acids is 1. The molecule has 0 saturated carbocycles. The van der Waals surface area contributed by atoms with Gasteiger partial charge < -0.3 is 20.1 Å². The van der Waals surface area contributed by atoms with E-state index in [1.54, 1.807) is 0 Å². The van der Waals surface area contributed by atoms with Gasteiger partial charge in [-0.2, -0.15) is 0 Å². The number of hydrogen-bond acceptors (Lipinski definition) is 5. The molecule has 0 aliphatic carbocycles. The molecule has 0 saturated heterocycles. The maximum Gasteiger partial charge on any atom is 0.406 e. The Bertz CT molecular complexity index is 645. The van der Waals surface area contributed by atoms with Crippen LogP contribution in [0.5, 0.6) is 0 Å². The fraction of sp³-hybridized carbons (Fsp3) is 0.312. The van der Waals surface area contributed by atoms with E-state index in [4.69, 9.17) is 5.11 Å². The zero-order valence-corrected chi connectivity index (χ0v) is 13.4. The maximum absolute atomic E-state index is 13.5. The van der Waals surface area contributed by atoms with Gasteiger partial charge in [-0.3, -0.25) is 4.79 Å². The second-order valence-corrected chi connectivity index (χ2v) is 4.90. The Hall–Kier alpha value is -2.90. The third kappa shape index (κ3) is 5.71. The highest BCUT2D eigenvalue weighted by molar-refractivity contribution is 5.88. The Morgan fingerprint density at radius 1 is 1.42 bits per heavy atom. The lowest BCUT2D eigenvalue weighted by atomic mass is 10.1. The SMILES string of the molecule is COC(=O)NCCCN(/C=C(\C)C(=O)O)c1cc(F)ccc1C=O. The molecule has 130 valence electrons. The highest BCUT2D eigenvalue weighted by Gasteiger charge is 2.13. The number of carboxylic acid groups (broad SMARTS) is 1. The first kappa shape index (κ1) is 19.1. The molecule has 0 fully saturated rings. The number of hydrogen-bond donors (Lipinski definition) is 2. The number of ether oxygens (including phenoxy) is 1. The van der Waals surface area contributed by atoms with Crippen molar-refractivity contribution < 1.29 is 28.6 Å². The molecule has 24 heavy (non-hydrogen) atoms. The van der Waals surface area contributed by atoms with Gasteiger partial charge in [0.1, 0.15) is 5.82 Å². The molecule has 8 heteroatoms. The van der Waals surface area contributed by atoms with Gasteiger partial charge in [-0.05, 0) is 31.5 Å². The van der Waals surface area contributed by atoms with Gasteiger partial charge in [0.25, 0.3) is 0 Å². The number of aldehydes is 1. The lowest BCUT2D eigenvalue weighted by molar-refractivity contribution is -0.132. The van der Waals surface area contributed by atoms with E-state index in [0.29, 0.717) is 12.7 Å². The van der Waals surface area contributed by atoms with Crippen LogP contribution < -0.4 is 10.2 Å². The van der Waals surface area contributed by atoms with Gasteiger partial charge in [0.05, 0.1) is 18.4 Å². The molecule has 1 amide bonds. The number of methoxy groups -OCH3 is 1. The third-order valence-corrected chi connectivity index (χ3v) is 3.15. The second-order valence-electron chi connectivity index (χ2n) is 4.90. The molecule has 0 unspecified atom stereocenters. The lowest BCUT2D eigenvalue weighted by Crippen LogP contribution is -2.28. The average Bonchev–Trinajstić information content (AvgIpc) is 2.56. The smallest absolute Gasteiger partial charge is 0.406 e. The first-order valence-electron chi connectivity index (χ1n) is 7.14. The van der Waals surface area contributed by atoms with Crippen molar-refractivity contribution in [2.45, 2.75) is 13.3 Å². The summed E-state index contributed by atoms with van der Waals surface area (Å²) in [6, 6.07) is 3.63. The second kappa shape index (κ2) is 9.29. The van der Waals surface area contributed by atoms with E-state index in [-0.39, 0.29) is 29.9 Å². The standard InChI is InChI=1S/C16H19FN2O5/c1-11(15(21)22)9-19(7-3-6-18-16(23)24-2)14-8-13(17)5-4-12(14)10-20/h4-5,8-10H,3,6-7H2,1-2H3,(H,18,23)(H,21,22)/b11-9+. The molecule has 0 bridgehead atoms. The molecule has 2 N–H and O–H groups in total. The molecule has 0 spiro atoms. The van der Waals surface area contributed by atoms with Gasteiger partial charge in [-0.1, -0.05) is 0 Å². The van der Waals surface area contributed by atoms with Crippen LogP contribution in [0.4, 0.5) is 14.9 Å². The van der Waals surface area contributed by atoms with Crippen molar-refractivity contribution in [2.24, 2.45) is 0 Å². The fourth-order valence-electron chi connectivity index (χ4n) is 1.92. The zero-order chi connectivity index (χ0) is 18.1. The average molecular weight is 338 g/mol. The van der Waals surface area contributed by atoms with Crippen LogP contribution in [0.2, 0.25) is 0 Å². The number of carbonyl (C=O) groups is 3. The van der Waals surface area contributed by atoms with E-state index < -0.39 is 17.9 Å². The van der Waals surface area contributed by atoms with Gasteiger partial charge in [0, 0.05) is 24.9 Å². The van der Waals surface area contributed by atoms with Crippen molar-refractivity contribution in [3.63, 3.8) is 0 Å². The highest BCUT2D eigenvalue weighted by Crippen LogP contribution is 2.22. The van der Waals surface area contributed by atoms with Crippen molar-refractivity contribution in [3.05, 3.63) is 41.4 Å². The molecule has 1 aromatic rings. The van der Waals surface area contributed by atoms with Crippen LogP contribution >= 0.6 is 0 Å². The molecule has 0 aromatic heterocycles. The summed E-state index contributed by atoms with van der Waals surface area (Å²) >= 11 is 0. The van der Waals surface area contributed by atoms with Crippen LogP contribution in [0, 0.1) is 5.82 Å². The van der Waals surface area contributed by atoms with Crippen molar-refractivity contribution in [1.29, 1.82) is 0 Å². The Morgan fingerprint density at radius 3 is 2.71 bits per heavy atom. The zero-order valence-electron chi connectivity index (χ0n) is 13.4. The number of nitrogens with one attached hydrogen (secondary N) is 1. The van der Waals surface area contributed by atoms with Crippen LogP contribution in [0.1, 0.15) is 23.7 Å². The minimum Gasteiger partial charge on any atom is -0.478 e. The summed E-state index contributed by atoms with van der Waals surface area (Å²) in [5.41, 5.74) is 0.507. The first-order valence-corrected chi connectivity index (χ1v) is 7.14. The van der Waals surface area contributed by atoms with Crippen molar-refractivity contribution in [3.8, 4) is 0 Å². The summed E-state index contributed by atoms with van der Waals surface area (Å²) in [7, 11) is 1.24. The Labute approximate surface area is 138 Å². The largest absolute Gasteiger partial charge is 0.478 e. The summed E-state index contributed by atoms with van der Waals surface area (Å²) in [5.74, 6) is -1.67. The maximum atomic E-state index is 13.5. The summed E-state index contributed by atoms with van der Waals surface area (Å²) in [6.45, 7) is 1.93. The predicted octanol–water partition coefficient (Wildman–Crippen LogP) is 2.18. The monoisotopic (exact) mass is 338 g/mol. The molecular formula is C16H19FN2O5. The highest BCUT2D eigenvalue weighted by atomic mass is 19.1. The Balaban J connectivity index is 3.00. The van der Waals surface area contributed by atoms with Gasteiger partial charge in [-0.15, -0.1) is 0 Å². The van der Waals surface area contributed by atoms with Crippen LogP contribution in [-0.4, -0.2) is 43.7 Å². The molecule has 0 radical (unpaired) electrons. The van der Waals surface area contributed by atoms with E-state index in [1.807, 2.05) is 0 Å². The van der Waals surface area contributed by atoms with Gasteiger partial charge in [-0.25, -0.2) is 14.0 Å². The Kier molecular flexibility index (Phi) is 7.41. The predicted molar refractivity (Wildman–Crippen MR) is 85.6 cm³/mol. The van der Waals surface area contributed by atoms with E-state index in [1.165, 1.54) is 31.2 Å². The minimum atomic E-state index is -1.13. The van der Waals surface area contributed by atoms with Crippen LogP contribution in [0.25, 0.3) is 0 Å². The molecule has 1 aromatic carbocycles. The van der Waals surface area contributed by atoms with Crippen LogP contribution in [-0.2, 0) is 9.53 Å². The molecule has 7 nitrogen and oxygen atoms in total. The number of benzene rings is 1. The van der Waals surface area contributed by atoms with Crippen LogP contribution in [0.3, 0.4) is 0 Å².